The molecule has 0 bridgehead atoms. The summed E-state index contributed by atoms with van der Waals surface area (Å²) in [4.78, 5) is 4.42. The maximum atomic E-state index is 8.66. The second-order valence-electron chi connectivity index (χ2n) is 3.70. The molecule has 13 heavy (non-hydrogen) atoms. The van der Waals surface area contributed by atoms with Gasteiger partial charge in [0.2, 0.25) is 0 Å². The van der Waals surface area contributed by atoms with Crippen molar-refractivity contribution in [2.45, 2.75) is 45.1 Å². The number of hydrogen-bond donors (Lipinski definition) is 2. The van der Waals surface area contributed by atoms with Gasteiger partial charge in [0.25, 0.3) is 0 Å². The maximum Gasteiger partial charge on any atom is 0.0965 e. The van der Waals surface area contributed by atoms with Crippen LogP contribution in [0.1, 0.15) is 39.0 Å². The topological polar surface area (TPSA) is 44.6 Å². The predicted octanol–water partition coefficient (Wildman–Crippen LogP) is 1.32. The quantitative estimate of drug-likeness (QED) is 0.692. The third-order valence-electron chi connectivity index (χ3n) is 2.33. The molecule has 0 aromatic rings. The smallest absolute Gasteiger partial charge is 0.0965 e. The Balaban J connectivity index is 2.18. The molecule has 1 unspecified atom stereocenters. The highest BCUT2D eigenvalue weighted by molar-refractivity contribution is 5.82. The van der Waals surface area contributed by atoms with Crippen molar-refractivity contribution in [1.29, 1.82) is 0 Å². The fraction of sp³-hybridized carbons (Fsp3) is 0.900. The molecule has 0 aromatic carbocycles. The van der Waals surface area contributed by atoms with Gasteiger partial charge in [-0.3, -0.25) is 4.99 Å². The van der Waals surface area contributed by atoms with E-state index in [1.807, 2.05) is 0 Å². The van der Waals surface area contributed by atoms with Crippen molar-refractivity contribution in [3.05, 3.63) is 0 Å². The third-order valence-corrected chi connectivity index (χ3v) is 2.33. The molecule has 0 aromatic heterocycles. The maximum absolute atomic E-state index is 8.66. The molecule has 3 nitrogen and oxygen atoms in total. The van der Waals surface area contributed by atoms with Gasteiger partial charge in [0, 0.05) is 25.6 Å². The van der Waals surface area contributed by atoms with Crippen LogP contribution in [-0.4, -0.2) is 30.1 Å². The number of nitrogens with one attached hydrogen (secondary N) is 1. The van der Waals surface area contributed by atoms with Crippen molar-refractivity contribution >= 4 is 5.84 Å². The normalized spacial score (nSPS) is 19.4. The van der Waals surface area contributed by atoms with Crippen LogP contribution in [0.5, 0.6) is 0 Å². The molecule has 3 heteroatoms. The lowest BCUT2D eigenvalue weighted by Gasteiger charge is -2.19. The average molecular weight is 184 g/mol. The van der Waals surface area contributed by atoms with Crippen LogP contribution in [0.2, 0.25) is 0 Å². The number of aliphatic imine (C=N–C) groups is 1. The zero-order valence-corrected chi connectivity index (χ0v) is 8.42. The van der Waals surface area contributed by atoms with Gasteiger partial charge >= 0.3 is 0 Å². The Morgan fingerprint density at radius 1 is 1.54 bits per heavy atom. The molecular formula is C10H20N2O. The Morgan fingerprint density at radius 3 is 3.00 bits per heavy atom. The molecule has 0 fully saturated rings. The summed E-state index contributed by atoms with van der Waals surface area (Å²) in [6.07, 6.45) is 5.50. The highest BCUT2D eigenvalue weighted by Gasteiger charge is 2.07. The van der Waals surface area contributed by atoms with E-state index in [1.54, 1.807) is 0 Å². The minimum Gasteiger partial charge on any atom is -0.396 e. The molecule has 0 radical (unpaired) electrons. The lowest BCUT2D eigenvalue weighted by atomic mass is 10.1. The molecule has 1 rings (SSSR count). The van der Waals surface area contributed by atoms with Crippen LogP contribution in [0.4, 0.5) is 0 Å². The van der Waals surface area contributed by atoms with Gasteiger partial charge in [-0.25, -0.2) is 0 Å². The van der Waals surface area contributed by atoms with Gasteiger partial charge in [0.15, 0.2) is 0 Å². The lowest BCUT2D eigenvalue weighted by Crippen LogP contribution is -2.34. The summed E-state index contributed by atoms with van der Waals surface area (Å²) in [7, 11) is 0. The van der Waals surface area contributed by atoms with Gasteiger partial charge in [-0.15, -0.1) is 0 Å². The van der Waals surface area contributed by atoms with Crippen LogP contribution < -0.4 is 5.32 Å². The number of amidine groups is 1. The van der Waals surface area contributed by atoms with Crippen LogP contribution >= 0.6 is 0 Å². The van der Waals surface area contributed by atoms with E-state index in [0.29, 0.717) is 12.6 Å². The van der Waals surface area contributed by atoms with Gasteiger partial charge < -0.3 is 10.4 Å². The molecule has 0 aliphatic carbocycles. The van der Waals surface area contributed by atoms with E-state index in [1.165, 1.54) is 12.8 Å². The largest absolute Gasteiger partial charge is 0.396 e. The Kier molecular flexibility index (Phi) is 4.83. The molecule has 0 saturated heterocycles. The molecule has 0 amide bonds. The van der Waals surface area contributed by atoms with Crippen LogP contribution in [0.3, 0.4) is 0 Å². The van der Waals surface area contributed by atoms with Crippen molar-refractivity contribution in [3.63, 3.8) is 0 Å². The molecule has 1 aliphatic heterocycles. The van der Waals surface area contributed by atoms with E-state index in [9.17, 15) is 0 Å². The molecular weight excluding hydrogens is 164 g/mol. The van der Waals surface area contributed by atoms with Gasteiger partial charge in [-0.2, -0.15) is 0 Å². The monoisotopic (exact) mass is 184 g/mol. The second kappa shape index (κ2) is 5.97. The molecule has 1 heterocycles. The minimum absolute atomic E-state index is 0.290. The van der Waals surface area contributed by atoms with Crippen LogP contribution in [-0.2, 0) is 0 Å². The summed E-state index contributed by atoms with van der Waals surface area (Å²) < 4.78 is 0. The number of aliphatic hydroxyl groups is 1. The summed E-state index contributed by atoms with van der Waals surface area (Å²) in [6.45, 7) is 3.42. The molecule has 0 saturated carbocycles. The zero-order valence-electron chi connectivity index (χ0n) is 8.42. The molecule has 76 valence electrons. The first-order valence-electron chi connectivity index (χ1n) is 5.23. The summed E-state index contributed by atoms with van der Waals surface area (Å²) in [5.41, 5.74) is 0. The lowest BCUT2D eigenvalue weighted by molar-refractivity contribution is 0.279. The van der Waals surface area contributed by atoms with E-state index >= 15 is 0 Å². The van der Waals surface area contributed by atoms with Crippen LogP contribution in [0.25, 0.3) is 0 Å². The average Bonchev–Trinajstić information content (AvgIpc) is 2.16. The fourth-order valence-corrected chi connectivity index (χ4v) is 1.57. The highest BCUT2D eigenvalue weighted by atomic mass is 16.2. The number of nitrogens with zero attached hydrogens (tertiary/aromatic N) is 1. The Labute approximate surface area is 80.3 Å². The number of hydrogen-bond acceptors (Lipinski definition) is 3. The summed E-state index contributed by atoms with van der Waals surface area (Å²) in [6, 6.07) is 0.448. The Hall–Kier alpha value is -0.570. The van der Waals surface area contributed by atoms with Crippen molar-refractivity contribution in [3.8, 4) is 0 Å². The first-order valence-corrected chi connectivity index (χ1v) is 5.23. The van der Waals surface area contributed by atoms with Gasteiger partial charge in [-0.05, 0) is 32.6 Å². The van der Waals surface area contributed by atoms with E-state index in [-0.39, 0.29) is 0 Å². The standard InChI is InChI=1S/C10H20N2O/c1-9(5-4-8-13)12-10-6-2-3-7-11-10/h9,13H,2-8H2,1H3,(H,11,12). The van der Waals surface area contributed by atoms with E-state index in [4.69, 9.17) is 5.11 Å². The first kappa shape index (κ1) is 10.5. The van der Waals surface area contributed by atoms with E-state index < -0.39 is 0 Å². The zero-order chi connectivity index (χ0) is 9.52. The second-order valence-corrected chi connectivity index (χ2v) is 3.70. The van der Waals surface area contributed by atoms with Crippen LogP contribution in [0, 0.1) is 0 Å². The number of rotatable bonds is 4. The molecule has 1 aliphatic rings. The fourth-order valence-electron chi connectivity index (χ4n) is 1.57. The van der Waals surface area contributed by atoms with Crippen LogP contribution in [0.15, 0.2) is 4.99 Å². The summed E-state index contributed by atoms with van der Waals surface area (Å²) >= 11 is 0. The molecule has 2 N–H and O–H groups in total. The van der Waals surface area contributed by atoms with E-state index in [2.05, 4.69) is 17.2 Å². The third kappa shape index (κ3) is 4.27. The van der Waals surface area contributed by atoms with Crippen molar-refractivity contribution in [1.82, 2.24) is 5.32 Å². The van der Waals surface area contributed by atoms with Crippen molar-refractivity contribution < 1.29 is 5.11 Å². The first-order chi connectivity index (χ1) is 6.33. The number of aliphatic hydroxyl groups excluding tert-OH is 1. The van der Waals surface area contributed by atoms with Crippen molar-refractivity contribution in [2.75, 3.05) is 13.2 Å². The van der Waals surface area contributed by atoms with Gasteiger partial charge in [0.05, 0.1) is 5.84 Å². The SMILES string of the molecule is CC(CCCO)NC1=NCCCC1. The minimum atomic E-state index is 0.290. The van der Waals surface area contributed by atoms with Gasteiger partial charge in [0.1, 0.15) is 0 Å². The Bertz CT molecular complexity index is 168. The predicted molar refractivity (Wildman–Crippen MR) is 55.1 cm³/mol. The molecule has 1 atom stereocenters. The highest BCUT2D eigenvalue weighted by Crippen LogP contribution is 2.05. The van der Waals surface area contributed by atoms with E-state index in [0.717, 1.165) is 31.6 Å². The Morgan fingerprint density at radius 2 is 2.38 bits per heavy atom. The van der Waals surface area contributed by atoms with Crippen molar-refractivity contribution in [2.24, 2.45) is 4.99 Å². The molecule has 0 spiro atoms. The summed E-state index contributed by atoms with van der Waals surface area (Å²) in [5.74, 6) is 1.16. The summed E-state index contributed by atoms with van der Waals surface area (Å²) in [5, 5.41) is 12.1. The van der Waals surface area contributed by atoms with Gasteiger partial charge in [-0.1, -0.05) is 0 Å².